The largest absolute Gasteiger partial charge is 0.327 e. The van der Waals surface area contributed by atoms with E-state index in [2.05, 4.69) is 9.71 Å². The third-order valence-corrected chi connectivity index (χ3v) is 4.09. The van der Waals surface area contributed by atoms with Crippen LogP contribution in [0, 0.1) is 0 Å². The zero-order valence-electron chi connectivity index (χ0n) is 10.4. The maximum absolute atomic E-state index is 12.1. The quantitative estimate of drug-likeness (QED) is 0.894. The first-order valence-corrected chi connectivity index (χ1v) is 7.30. The Bertz CT molecular complexity index is 718. The summed E-state index contributed by atoms with van der Waals surface area (Å²) >= 11 is 0. The van der Waals surface area contributed by atoms with Crippen molar-refractivity contribution in [3.63, 3.8) is 0 Å². The Morgan fingerprint density at radius 1 is 1.16 bits per heavy atom. The van der Waals surface area contributed by atoms with Gasteiger partial charge in [-0.1, -0.05) is 19.1 Å². The number of nitrogens with one attached hydrogen (secondary N) is 2. The molecule has 0 atom stereocenters. The smallest absolute Gasteiger partial charge is 0.272 e. The molecule has 1 aromatic carbocycles. The van der Waals surface area contributed by atoms with Crippen molar-refractivity contribution in [2.45, 2.75) is 18.2 Å². The van der Waals surface area contributed by atoms with E-state index >= 15 is 0 Å². The van der Waals surface area contributed by atoms with Gasteiger partial charge in [-0.15, -0.1) is 0 Å². The van der Waals surface area contributed by atoms with Crippen LogP contribution in [-0.2, 0) is 16.4 Å². The van der Waals surface area contributed by atoms with Crippen LogP contribution in [0.4, 0.5) is 5.69 Å². The number of sulfonamides is 1. The average Bonchev–Trinajstić information content (AvgIpc) is 2.41. The summed E-state index contributed by atoms with van der Waals surface area (Å²) in [5.41, 5.74) is 0.579. The van der Waals surface area contributed by atoms with E-state index in [9.17, 15) is 13.2 Å². The molecule has 0 aliphatic carbocycles. The first-order valence-electron chi connectivity index (χ1n) is 5.82. The van der Waals surface area contributed by atoms with Gasteiger partial charge in [-0.2, -0.15) is 0 Å². The third-order valence-electron chi connectivity index (χ3n) is 2.70. The Balaban J connectivity index is 2.32. The number of aryl methyl sites for hydroxylation is 1. The summed E-state index contributed by atoms with van der Waals surface area (Å²) in [6, 6.07) is 9.53. The Morgan fingerprint density at radius 3 is 2.42 bits per heavy atom. The van der Waals surface area contributed by atoms with Crippen molar-refractivity contribution in [1.29, 1.82) is 0 Å². The maximum Gasteiger partial charge on any atom is 0.272 e. The zero-order valence-corrected chi connectivity index (χ0v) is 11.2. The lowest BCUT2D eigenvalue weighted by Gasteiger charge is -2.07. The zero-order chi connectivity index (χ0) is 13.9. The molecule has 1 heterocycles. The molecule has 0 unspecified atom stereocenters. The molecule has 0 amide bonds. The predicted molar refractivity (Wildman–Crippen MR) is 73.7 cm³/mol. The van der Waals surface area contributed by atoms with Crippen LogP contribution >= 0.6 is 0 Å². The van der Waals surface area contributed by atoms with Gasteiger partial charge in [-0.3, -0.25) is 9.52 Å². The molecule has 0 saturated carbocycles. The number of aromatic nitrogens is 1. The second-order valence-corrected chi connectivity index (χ2v) is 5.70. The highest BCUT2D eigenvalue weighted by Gasteiger charge is 2.15. The van der Waals surface area contributed by atoms with Crippen molar-refractivity contribution in [3.8, 4) is 0 Å². The van der Waals surface area contributed by atoms with Crippen molar-refractivity contribution in [2.24, 2.45) is 0 Å². The number of anilines is 1. The van der Waals surface area contributed by atoms with Crippen molar-refractivity contribution in [2.75, 3.05) is 4.72 Å². The fraction of sp³-hybridized carbons (Fsp3) is 0.154. The van der Waals surface area contributed by atoms with Crippen molar-refractivity contribution < 1.29 is 8.42 Å². The van der Waals surface area contributed by atoms with Gasteiger partial charge in [0.1, 0.15) is 5.69 Å². The van der Waals surface area contributed by atoms with Crippen LogP contribution < -0.4 is 10.3 Å². The summed E-state index contributed by atoms with van der Waals surface area (Å²) < 4.78 is 26.4. The molecule has 6 heteroatoms. The molecular weight excluding hydrogens is 264 g/mol. The fourth-order valence-electron chi connectivity index (χ4n) is 1.61. The number of H-pyrrole nitrogens is 1. The predicted octanol–water partition coefficient (Wildman–Crippen LogP) is 1.74. The van der Waals surface area contributed by atoms with Crippen molar-refractivity contribution in [3.05, 3.63) is 58.5 Å². The standard InChI is InChI=1S/C13H14N2O3S/c1-2-10-5-7-11(8-6-10)19(17,18)15-12-4-3-9-14-13(12)16/h3-9,15H,2H2,1H3,(H,14,16). The molecule has 19 heavy (non-hydrogen) atoms. The SMILES string of the molecule is CCc1ccc(S(=O)(=O)Nc2ccc[nH]c2=O)cc1. The number of pyridine rings is 1. The molecule has 0 aliphatic rings. The molecule has 0 saturated heterocycles. The van der Waals surface area contributed by atoms with Gasteiger partial charge in [0, 0.05) is 6.20 Å². The van der Waals surface area contributed by atoms with Gasteiger partial charge in [-0.05, 0) is 36.2 Å². The first-order chi connectivity index (χ1) is 9.03. The minimum Gasteiger partial charge on any atom is -0.327 e. The molecule has 2 N–H and O–H groups in total. The van der Waals surface area contributed by atoms with Gasteiger partial charge in [0.25, 0.3) is 15.6 Å². The van der Waals surface area contributed by atoms with Gasteiger partial charge < -0.3 is 4.98 Å². The molecule has 1 aromatic heterocycles. The molecule has 0 bridgehead atoms. The summed E-state index contributed by atoms with van der Waals surface area (Å²) in [5, 5.41) is 0. The molecule has 2 aromatic rings. The maximum atomic E-state index is 12.1. The van der Waals surface area contributed by atoms with Crippen LogP contribution in [0.1, 0.15) is 12.5 Å². The summed E-state index contributed by atoms with van der Waals surface area (Å²) in [7, 11) is -3.73. The molecule has 0 fully saturated rings. The second kappa shape index (κ2) is 5.27. The molecule has 0 radical (unpaired) electrons. The van der Waals surface area contributed by atoms with E-state index in [0.29, 0.717) is 0 Å². The first kappa shape index (κ1) is 13.4. The number of benzene rings is 1. The lowest BCUT2D eigenvalue weighted by molar-refractivity contribution is 0.601. The highest BCUT2D eigenvalue weighted by atomic mass is 32.2. The lowest BCUT2D eigenvalue weighted by Crippen LogP contribution is -2.19. The van der Waals surface area contributed by atoms with Gasteiger partial charge in [0.2, 0.25) is 0 Å². The monoisotopic (exact) mass is 278 g/mol. The summed E-state index contributed by atoms with van der Waals surface area (Å²) in [6.07, 6.45) is 2.28. The number of hydrogen-bond donors (Lipinski definition) is 2. The van der Waals surface area contributed by atoms with Gasteiger partial charge in [0.05, 0.1) is 4.90 Å². The number of rotatable bonds is 4. The second-order valence-electron chi connectivity index (χ2n) is 4.02. The van der Waals surface area contributed by atoms with Gasteiger partial charge >= 0.3 is 0 Å². The topological polar surface area (TPSA) is 79.0 Å². The highest BCUT2D eigenvalue weighted by Crippen LogP contribution is 2.14. The molecule has 2 rings (SSSR count). The molecule has 5 nitrogen and oxygen atoms in total. The molecular formula is C13H14N2O3S. The number of aromatic amines is 1. The van der Waals surface area contributed by atoms with E-state index in [4.69, 9.17) is 0 Å². The van der Waals surface area contributed by atoms with Crippen LogP contribution in [0.3, 0.4) is 0 Å². The van der Waals surface area contributed by atoms with Crippen molar-refractivity contribution in [1.82, 2.24) is 4.98 Å². The minimum absolute atomic E-state index is 0.00191. The van der Waals surface area contributed by atoms with Crippen LogP contribution in [-0.4, -0.2) is 13.4 Å². The Hall–Kier alpha value is -2.08. The Morgan fingerprint density at radius 2 is 1.84 bits per heavy atom. The fourth-order valence-corrected chi connectivity index (χ4v) is 2.67. The van der Waals surface area contributed by atoms with Crippen molar-refractivity contribution >= 4 is 15.7 Å². The van der Waals surface area contributed by atoms with E-state index in [1.54, 1.807) is 18.2 Å². The van der Waals surface area contributed by atoms with E-state index in [0.717, 1.165) is 12.0 Å². The summed E-state index contributed by atoms with van der Waals surface area (Å²) in [6.45, 7) is 1.99. The highest BCUT2D eigenvalue weighted by molar-refractivity contribution is 7.92. The van der Waals surface area contributed by atoms with Gasteiger partial charge in [-0.25, -0.2) is 8.42 Å². The average molecular weight is 278 g/mol. The van der Waals surface area contributed by atoms with E-state index in [-0.39, 0.29) is 10.6 Å². The van der Waals surface area contributed by atoms with E-state index in [1.165, 1.54) is 24.4 Å². The molecule has 0 aliphatic heterocycles. The van der Waals surface area contributed by atoms with Crippen LogP contribution in [0.2, 0.25) is 0 Å². The van der Waals surface area contributed by atoms with E-state index in [1.807, 2.05) is 6.92 Å². The van der Waals surface area contributed by atoms with Crippen LogP contribution in [0.15, 0.2) is 52.3 Å². The lowest BCUT2D eigenvalue weighted by atomic mass is 10.2. The number of hydrogen-bond acceptors (Lipinski definition) is 3. The van der Waals surface area contributed by atoms with E-state index < -0.39 is 15.6 Å². The Labute approximate surface area is 111 Å². The van der Waals surface area contributed by atoms with Crippen LogP contribution in [0.25, 0.3) is 0 Å². The normalized spacial score (nSPS) is 11.2. The summed E-state index contributed by atoms with van der Waals surface area (Å²) in [5.74, 6) is 0. The summed E-state index contributed by atoms with van der Waals surface area (Å²) in [4.78, 5) is 14.0. The minimum atomic E-state index is -3.73. The Kier molecular flexibility index (Phi) is 3.71. The third kappa shape index (κ3) is 3.03. The molecule has 100 valence electrons. The molecule has 0 spiro atoms. The van der Waals surface area contributed by atoms with Crippen LogP contribution in [0.5, 0.6) is 0 Å². The van der Waals surface area contributed by atoms with Gasteiger partial charge in [0.15, 0.2) is 0 Å².